The molecule has 8 heteroatoms. The Hall–Kier alpha value is -1.93. The molecule has 0 aliphatic heterocycles. The zero-order valence-corrected chi connectivity index (χ0v) is 10.7. The van der Waals surface area contributed by atoms with Crippen molar-refractivity contribution in [1.82, 2.24) is 4.98 Å². The van der Waals surface area contributed by atoms with E-state index in [1.165, 1.54) is 24.3 Å². The predicted octanol–water partition coefficient (Wildman–Crippen LogP) is 2.41. The van der Waals surface area contributed by atoms with Crippen molar-refractivity contribution in [2.75, 3.05) is 0 Å². The lowest BCUT2D eigenvalue weighted by atomic mass is 10.1. The number of benzene rings is 1. The Morgan fingerprint density at radius 1 is 1.10 bits per heavy atom. The second-order valence-corrected chi connectivity index (χ2v) is 5.53. The van der Waals surface area contributed by atoms with Crippen LogP contribution in [0.4, 0.5) is 13.2 Å². The largest absolute Gasteiger partial charge is 0.417 e. The lowest BCUT2D eigenvalue weighted by Gasteiger charge is -2.10. The maximum absolute atomic E-state index is 12.6. The summed E-state index contributed by atoms with van der Waals surface area (Å²) >= 11 is 0. The van der Waals surface area contributed by atoms with Crippen molar-refractivity contribution in [3.63, 3.8) is 0 Å². The molecule has 1 aromatic carbocycles. The zero-order valence-electron chi connectivity index (χ0n) is 9.92. The van der Waals surface area contributed by atoms with Gasteiger partial charge in [-0.3, -0.25) is 4.98 Å². The lowest BCUT2D eigenvalue weighted by Crippen LogP contribution is -2.13. The molecular weight excluding hydrogens is 293 g/mol. The van der Waals surface area contributed by atoms with E-state index in [2.05, 4.69) is 4.98 Å². The molecular formula is C12H9F3N2O2S. The number of nitrogens with zero attached hydrogens (tertiary/aromatic N) is 1. The van der Waals surface area contributed by atoms with Gasteiger partial charge < -0.3 is 0 Å². The van der Waals surface area contributed by atoms with Gasteiger partial charge in [-0.25, -0.2) is 13.6 Å². The molecule has 106 valence electrons. The zero-order chi connectivity index (χ0) is 15.0. The minimum absolute atomic E-state index is 0.0319. The predicted molar refractivity (Wildman–Crippen MR) is 66.0 cm³/mol. The van der Waals surface area contributed by atoms with E-state index in [0.29, 0.717) is 6.20 Å². The van der Waals surface area contributed by atoms with Crippen LogP contribution in [-0.4, -0.2) is 13.4 Å². The number of rotatable bonds is 2. The number of sulfonamides is 1. The number of alkyl halides is 3. The third kappa shape index (κ3) is 2.97. The van der Waals surface area contributed by atoms with Gasteiger partial charge in [0.1, 0.15) is 0 Å². The maximum Gasteiger partial charge on any atom is 0.417 e. The maximum atomic E-state index is 12.6. The van der Waals surface area contributed by atoms with Gasteiger partial charge in [0.2, 0.25) is 10.0 Å². The minimum atomic E-state index is -4.56. The van der Waals surface area contributed by atoms with E-state index >= 15 is 0 Å². The molecule has 0 aliphatic rings. The van der Waals surface area contributed by atoms with Gasteiger partial charge in [-0.1, -0.05) is 18.2 Å². The monoisotopic (exact) mass is 302 g/mol. The summed E-state index contributed by atoms with van der Waals surface area (Å²) in [5.74, 6) is 0. The molecule has 2 N–H and O–H groups in total. The molecule has 0 bridgehead atoms. The first-order valence-electron chi connectivity index (χ1n) is 5.34. The molecule has 0 fully saturated rings. The molecule has 0 saturated carbocycles. The van der Waals surface area contributed by atoms with Crippen molar-refractivity contribution in [3.05, 3.63) is 48.3 Å². The second-order valence-electron chi connectivity index (χ2n) is 4.00. The molecule has 0 aliphatic carbocycles. The Bertz CT molecular complexity index is 742. The first-order chi connectivity index (χ1) is 9.19. The molecule has 2 aromatic rings. The van der Waals surface area contributed by atoms with Crippen molar-refractivity contribution in [2.45, 2.75) is 11.1 Å². The highest BCUT2D eigenvalue weighted by Crippen LogP contribution is 2.33. The number of nitrogens with two attached hydrogens (primary N) is 1. The molecule has 0 spiro atoms. The van der Waals surface area contributed by atoms with E-state index in [1.54, 1.807) is 0 Å². The molecule has 20 heavy (non-hydrogen) atoms. The summed E-state index contributed by atoms with van der Waals surface area (Å²) in [4.78, 5) is 3.25. The number of aromatic nitrogens is 1. The van der Waals surface area contributed by atoms with Gasteiger partial charge in [0.15, 0.2) is 0 Å². The molecule has 0 atom stereocenters. The van der Waals surface area contributed by atoms with E-state index in [1.807, 2.05) is 0 Å². The molecule has 2 rings (SSSR count). The lowest BCUT2D eigenvalue weighted by molar-refractivity contribution is -0.137. The molecule has 0 unspecified atom stereocenters. The van der Waals surface area contributed by atoms with E-state index < -0.39 is 21.8 Å². The Kier molecular flexibility index (Phi) is 3.53. The van der Waals surface area contributed by atoms with Crippen LogP contribution in [0, 0.1) is 0 Å². The third-order valence-corrected chi connectivity index (χ3v) is 3.54. The fourth-order valence-corrected chi connectivity index (χ4v) is 2.46. The number of hydrogen-bond acceptors (Lipinski definition) is 3. The highest BCUT2D eigenvalue weighted by Gasteiger charge is 2.31. The van der Waals surface area contributed by atoms with Crippen molar-refractivity contribution < 1.29 is 21.6 Å². The summed E-state index contributed by atoms with van der Waals surface area (Å²) in [6, 6.07) is 6.37. The van der Waals surface area contributed by atoms with Crippen LogP contribution in [0.1, 0.15) is 5.56 Å². The first-order valence-corrected chi connectivity index (χ1v) is 6.88. The Balaban J connectivity index is 2.65. The topological polar surface area (TPSA) is 73.1 Å². The number of primary sulfonamides is 1. The van der Waals surface area contributed by atoms with Gasteiger partial charge in [0.25, 0.3) is 0 Å². The van der Waals surface area contributed by atoms with Gasteiger partial charge in [0.05, 0.1) is 10.5 Å². The number of pyridine rings is 1. The van der Waals surface area contributed by atoms with Crippen LogP contribution in [0.2, 0.25) is 0 Å². The van der Waals surface area contributed by atoms with Crippen LogP contribution in [0.15, 0.2) is 47.6 Å². The average Bonchev–Trinajstić information content (AvgIpc) is 2.37. The quantitative estimate of drug-likeness (QED) is 0.926. The van der Waals surface area contributed by atoms with Crippen LogP contribution in [-0.2, 0) is 16.2 Å². The van der Waals surface area contributed by atoms with Crippen LogP contribution < -0.4 is 5.14 Å². The summed E-state index contributed by atoms with van der Waals surface area (Å²) < 4.78 is 60.8. The van der Waals surface area contributed by atoms with Crippen molar-refractivity contribution in [1.29, 1.82) is 0 Å². The third-order valence-electron chi connectivity index (χ3n) is 2.57. The van der Waals surface area contributed by atoms with E-state index in [-0.39, 0.29) is 16.0 Å². The second kappa shape index (κ2) is 4.88. The Morgan fingerprint density at radius 3 is 2.35 bits per heavy atom. The molecule has 0 saturated heterocycles. The fraction of sp³-hybridized carbons (Fsp3) is 0.0833. The smallest absolute Gasteiger partial charge is 0.263 e. The standard InChI is InChI=1S/C12H9F3N2O2S/c13-12(14,15)9-5-8(6-17-7-9)10-3-1-2-4-11(10)20(16,18)19/h1-7H,(H2,16,18,19). The summed E-state index contributed by atoms with van der Waals surface area (Å²) in [7, 11) is -4.04. The summed E-state index contributed by atoms with van der Waals surface area (Å²) in [5.41, 5.74) is -0.850. The minimum Gasteiger partial charge on any atom is -0.263 e. The normalized spacial score (nSPS) is 12.4. The summed E-state index contributed by atoms with van der Waals surface area (Å²) in [6.45, 7) is 0. The summed E-state index contributed by atoms with van der Waals surface area (Å²) in [6.07, 6.45) is -2.73. The van der Waals surface area contributed by atoms with Gasteiger partial charge >= 0.3 is 6.18 Å². The highest BCUT2D eigenvalue weighted by molar-refractivity contribution is 7.89. The van der Waals surface area contributed by atoms with Crippen molar-refractivity contribution >= 4 is 10.0 Å². The van der Waals surface area contributed by atoms with Crippen molar-refractivity contribution in [2.24, 2.45) is 5.14 Å². The first kappa shape index (κ1) is 14.5. The molecule has 4 nitrogen and oxygen atoms in total. The van der Waals surface area contributed by atoms with Gasteiger partial charge in [-0.2, -0.15) is 13.2 Å². The van der Waals surface area contributed by atoms with E-state index in [0.717, 1.165) is 12.3 Å². The van der Waals surface area contributed by atoms with Gasteiger partial charge in [0, 0.05) is 23.5 Å². The Morgan fingerprint density at radius 2 is 1.75 bits per heavy atom. The SMILES string of the molecule is NS(=O)(=O)c1ccccc1-c1cncc(C(F)(F)F)c1. The van der Waals surface area contributed by atoms with Crippen LogP contribution in [0.3, 0.4) is 0 Å². The van der Waals surface area contributed by atoms with Crippen LogP contribution >= 0.6 is 0 Å². The number of hydrogen-bond donors (Lipinski definition) is 1. The molecule has 1 aromatic heterocycles. The number of halogens is 3. The van der Waals surface area contributed by atoms with Gasteiger partial charge in [-0.05, 0) is 12.1 Å². The summed E-state index contributed by atoms with van der Waals surface area (Å²) in [5, 5.41) is 5.05. The van der Waals surface area contributed by atoms with Gasteiger partial charge in [-0.15, -0.1) is 0 Å². The average molecular weight is 302 g/mol. The van der Waals surface area contributed by atoms with Crippen LogP contribution in [0.5, 0.6) is 0 Å². The highest BCUT2D eigenvalue weighted by atomic mass is 32.2. The van der Waals surface area contributed by atoms with Crippen molar-refractivity contribution in [3.8, 4) is 11.1 Å². The molecule has 0 amide bonds. The van der Waals surface area contributed by atoms with Crippen LogP contribution in [0.25, 0.3) is 11.1 Å². The van der Waals surface area contributed by atoms with E-state index in [9.17, 15) is 21.6 Å². The van der Waals surface area contributed by atoms with E-state index in [4.69, 9.17) is 5.14 Å². The Labute approximate surface area is 113 Å². The molecule has 0 radical (unpaired) electrons. The molecule has 1 heterocycles. The fourth-order valence-electron chi connectivity index (χ4n) is 1.70.